The zero-order valence-corrected chi connectivity index (χ0v) is 13.3. The average Bonchev–Trinajstić information content (AvgIpc) is 2.99. The number of nitrogen functional groups attached to an aromatic ring is 1. The summed E-state index contributed by atoms with van der Waals surface area (Å²) in [7, 11) is 0. The minimum atomic E-state index is 0.363. The lowest BCUT2D eigenvalue weighted by Gasteiger charge is -2.19. The van der Waals surface area contributed by atoms with Crippen LogP contribution >= 0.6 is 15.9 Å². The van der Waals surface area contributed by atoms with E-state index >= 15 is 0 Å². The van der Waals surface area contributed by atoms with Crippen LogP contribution in [-0.2, 0) is 6.54 Å². The Hall–Kier alpha value is -1.43. The molecule has 0 radical (unpaired) electrons. The number of halogens is 1. The number of rotatable bonds is 4. The molecule has 2 N–H and O–H groups in total. The third-order valence-corrected chi connectivity index (χ3v) is 4.75. The Morgan fingerprint density at radius 2 is 2.10 bits per heavy atom. The fraction of sp³-hybridized carbons (Fsp3) is 0.500. The van der Waals surface area contributed by atoms with Gasteiger partial charge in [0.1, 0.15) is 0 Å². The normalized spacial score (nSPS) is 16.6. The van der Waals surface area contributed by atoms with E-state index in [0.29, 0.717) is 17.0 Å². The number of hydrogen-bond acceptors (Lipinski definition) is 4. The van der Waals surface area contributed by atoms with Gasteiger partial charge in [-0.15, -0.1) is 5.10 Å². The predicted molar refractivity (Wildman–Crippen MR) is 81.9 cm³/mol. The maximum atomic E-state index is 5.90. The summed E-state index contributed by atoms with van der Waals surface area (Å²) in [5, 5.41) is 12.2. The largest absolute Gasteiger partial charge is 0.399 e. The van der Waals surface area contributed by atoms with Gasteiger partial charge in [0, 0.05) is 15.7 Å². The van der Waals surface area contributed by atoms with E-state index in [-0.39, 0.29) is 0 Å². The quantitative estimate of drug-likeness (QED) is 0.871. The van der Waals surface area contributed by atoms with Crippen LogP contribution in [0.25, 0.3) is 11.4 Å². The summed E-state index contributed by atoms with van der Waals surface area (Å²) in [5.41, 5.74) is 7.91. The first-order chi connectivity index (χ1) is 9.50. The summed E-state index contributed by atoms with van der Waals surface area (Å²) in [6, 6.07) is 5.77. The number of nitrogens with two attached hydrogens (primary N) is 1. The van der Waals surface area contributed by atoms with Crippen LogP contribution in [0.3, 0.4) is 0 Å². The van der Waals surface area contributed by atoms with Gasteiger partial charge in [-0.25, -0.2) is 4.68 Å². The number of nitrogens with zero attached hydrogens (tertiary/aromatic N) is 4. The third kappa shape index (κ3) is 2.44. The second kappa shape index (κ2) is 4.84. The van der Waals surface area contributed by atoms with Crippen molar-refractivity contribution in [3.8, 4) is 11.4 Å². The van der Waals surface area contributed by atoms with Crippen molar-refractivity contribution >= 4 is 21.6 Å². The van der Waals surface area contributed by atoms with Crippen molar-refractivity contribution in [2.24, 2.45) is 11.3 Å². The molecule has 0 atom stereocenters. The zero-order valence-electron chi connectivity index (χ0n) is 11.7. The van der Waals surface area contributed by atoms with Crippen molar-refractivity contribution in [3.63, 3.8) is 0 Å². The maximum Gasteiger partial charge on any atom is 0.182 e. The average molecular weight is 336 g/mol. The molecule has 3 rings (SSSR count). The monoisotopic (exact) mass is 335 g/mol. The van der Waals surface area contributed by atoms with Gasteiger partial charge in [0.05, 0.1) is 6.54 Å². The summed E-state index contributed by atoms with van der Waals surface area (Å²) >= 11 is 3.46. The number of tetrazole rings is 1. The predicted octanol–water partition coefficient (Wildman–Crippen LogP) is 3.12. The molecule has 0 amide bonds. The van der Waals surface area contributed by atoms with Crippen molar-refractivity contribution < 1.29 is 0 Å². The molecule has 1 saturated carbocycles. The fourth-order valence-corrected chi connectivity index (χ4v) is 3.15. The molecule has 0 aliphatic heterocycles. The summed E-state index contributed by atoms with van der Waals surface area (Å²) in [5.74, 6) is 1.43. The summed E-state index contributed by atoms with van der Waals surface area (Å²) in [6.07, 6.45) is 2.51. The standard InChI is InChI=1S/C14H18BrN5/c1-9(2)14(3-4-14)8-20-13(17-18-19-20)10-5-11(15)7-12(16)6-10/h5-7,9H,3-4,8,16H2,1-2H3. The van der Waals surface area contributed by atoms with Gasteiger partial charge < -0.3 is 5.73 Å². The van der Waals surface area contributed by atoms with Crippen LogP contribution in [0.5, 0.6) is 0 Å². The van der Waals surface area contributed by atoms with E-state index in [0.717, 1.165) is 22.4 Å². The molecule has 5 nitrogen and oxygen atoms in total. The molecule has 1 fully saturated rings. The number of anilines is 1. The number of aromatic nitrogens is 4. The molecule has 6 heteroatoms. The number of benzene rings is 1. The summed E-state index contributed by atoms with van der Waals surface area (Å²) in [4.78, 5) is 0. The van der Waals surface area contributed by atoms with Crippen LogP contribution < -0.4 is 5.73 Å². The molecule has 1 aromatic carbocycles. The van der Waals surface area contributed by atoms with Crippen molar-refractivity contribution in [3.05, 3.63) is 22.7 Å². The van der Waals surface area contributed by atoms with Crippen molar-refractivity contribution in [2.45, 2.75) is 33.2 Å². The van der Waals surface area contributed by atoms with Crippen LogP contribution in [0.2, 0.25) is 0 Å². The first kappa shape index (κ1) is 13.5. The van der Waals surface area contributed by atoms with Gasteiger partial charge in [-0.2, -0.15) is 0 Å². The van der Waals surface area contributed by atoms with E-state index in [9.17, 15) is 0 Å². The Bertz CT molecular complexity index is 610. The molecule has 0 bridgehead atoms. The fourth-order valence-electron chi connectivity index (χ4n) is 2.64. The highest BCUT2D eigenvalue weighted by Crippen LogP contribution is 2.53. The Morgan fingerprint density at radius 1 is 1.35 bits per heavy atom. The molecule has 1 aliphatic rings. The Morgan fingerprint density at radius 3 is 2.70 bits per heavy atom. The minimum absolute atomic E-state index is 0.363. The van der Waals surface area contributed by atoms with Gasteiger partial charge in [0.15, 0.2) is 5.82 Å². The van der Waals surface area contributed by atoms with Crippen LogP contribution in [0.15, 0.2) is 22.7 Å². The Kier molecular flexibility index (Phi) is 3.28. The molecule has 106 valence electrons. The molecular formula is C14H18BrN5. The van der Waals surface area contributed by atoms with Gasteiger partial charge in [0.25, 0.3) is 0 Å². The van der Waals surface area contributed by atoms with Crippen molar-refractivity contribution in [1.82, 2.24) is 20.2 Å². The van der Waals surface area contributed by atoms with E-state index in [1.54, 1.807) is 0 Å². The SMILES string of the molecule is CC(C)C1(Cn2nnnc2-c2cc(N)cc(Br)c2)CC1. The smallest absolute Gasteiger partial charge is 0.182 e. The Labute approximate surface area is 126 Å². The lowest BCUT2D eigenvalue weighted by molar-refractivity contribution is 0.294. The maximum absolute atomic E-state index is 5.90. The van der Waals surface area contributed by atoms with E-state index in [2.05, 4.69) is 45.3 Å². The van der Waals surface area contributed by atoms with Gasteiger partial charge in [-0.3, -0.25) is 0 Å². The van der Waals surface area contributed by atoms with E-state index in [4.69, 9.17) is 5.73 Å². The lowest BCUT2D eigenvalue weighted by Crippen LogP contribution is -2.19. The second-order valence-corrected chi connectivity index (χ2v) is 6.87. The highest BCUT2D eigenvalue weighted by atomic mass is 79.9. The third-order valence-electron chi connectivity index (χ3n) is 4.29. The first-order valence-corrected chi connectivity index (χ1v) is 7.62. The molecule has 1 aromatic heterocycles. The van der Waals surface area contributed by atoms with Crippen LogP contribution in [-0.4, -0.2) is 20.2 Å². The molecule has 20 heavy (non-hydrogen) atoms. The lowest BCUT2D eigenvalue weighted by atomic mass is 9.92. The first-order valence-electron chi connectivity index (χ1n) is 6.83. The van der Waals surface area contributed by atoms with E-state index < -0.39 is 0 Å². The van der Waals surface area contributed by atoms with Crippen molar-refractivity contribution in [2.75, 3.05) is 5.73 Å². The minimum Gasteiger partial charge on any atom is -0.399 e. The highest BCUT2D eigenvalue weighted by Gasteiger charge is 2.46. The molecular weight excluding hydrogens is 318 g/mol. The summed E-state index contributed by atoms with van der Waals surface area (Å²) < 4.78 is 2.85. The molecule has 1 heterocycles. The van der Waals surface area contributed by atoms with E-state index in [1.165, 1.54) is 12.8 Å². The summed E-state index contributed by atoms with van der Waals surface area (Å²) in [6.45, 7) is 5.42. The molecule has 0 saturated heterocycles. The van der Waals surface area contributed by atoms with Gasteiger partial charge in [-0.05, 0) is 52.8 Å². The van der Waals surface area contributed by atoms with Crippen LogP contribution in [0.4, 0.5) is 5.69 Å². The number of hydrogen-bond donors (Lipinski definition) is 1. The highest BCUT2D eigenvalue weighted by molar-refractivity contribution is 9.10. The van der Waals surface area contributed by atoms with Crippen LogP contribution in [0, 0.1) is 11.3 Å². The van der Waals surface area contributed by atoms with Gasteiger partial charge >= 0.3 is 0 Å². The second-order valence-electron chi connectivity index (χ2n) is 5.95. The molecule has 0 spiro atoms. The zero-order chi connectivity index (χ0) is 14.3. The van der Waals surface area contributed by atoms with Gasteiger partial charge in [-0.1, -0.05) is 29.8 Å². The Balaban J connectivity index is 1.94. The van der Waals surface area contributed by atoms with Crippen molar-refractivity contribution in [1.29, 1.82) is 0 Å². The molecule has 0 unspecified atom stereocenters. The van der Waals surface area contributed by atoms with Gasteiger partial charge in [0.2, 0.25) is 0 Å². The topological polar surface area (TPSA) is 69.6 Å². The van der Waals surface area contributed by atoms with Crippen LogP contribution in [0.1, 0.15) is 26.7 Å². The van der Waals surface area contributed by atoms with E-state index in [1.807, 2.05) is 22.9 Å². The molecule has 2 aromatic rings. The molecule has 1 aliphatic carbocycles.